The predicted molar refractivity (Wildman–Crippen MR) is 162 cm³/mol. The van der Waals surface area contributed by atoms with Crippen LogP contribution in [0.1, 0.15) is 0 Å². The summed E-state index contributed by atoms with van der Waals surface area (Å²) in [6, 6.07) is 43.8. The molecule has 0 saturated carbocycles. The molecule has 5 heteroatoms. The predicted octanol–water partition coefficient (Wildman–Crippen LogP) is 8.25. The second-order valence-corrected chi connectivity index (χ2v) is 9.77. The molecule has 4 aromatic heterocycles. The first-order valence-electron chi connectivity index (χ1n) is 13.3. The van der Waals surface area contributed by atoms with E-state index in [4.69, 9.17) is 9.97 Å². The fraction of sp³-hybridized carbons (Fsp3) is 0. The van der Waals surface area contributed by atoms with Crippen molar-refractivity contribution < 1.29 is 0 Å². The summed E-state index contributed by atoms with van der Waals surface area (Å²) in [7, 11) is 0. The molecule has 188 valence electrons. The van der Waals surface area contributed by atoms with Crippen molar-refractivity contribution in [2.24, 2.45) is 0 Å². The van der Waals surface area contributed by atoms with E-state index in [0.717, 1.165) is 67.0 Å². The van der Waals surface area contributed by atoms with Gasteiger partial charge in [-0.3, -0.25) is 14.1 Å². The molecule has 0 aliphatic heterocycles. The molecular formula is C35H23N5. The van der Waals surface area contributed by atoms with Gasteiger partial charge in [0.2, 0.25) is 0 Å². The number of pyridine rings is 2. The molecule has 0 atom stereocenters. The van der Waals surface area contributed by atoms with Gasteiger partial charge in [0.15, 0.2) is 0 Å². The smallest absolute Gasteiger partial charge is 0.145 e. The maximum atomic E-state index is 5.32. The Morgan fingerprint density at radius 1 is 0.500 bits per heavy atom. The molecule has 0 amide bonds. The summed E-state index contributed by atoms with van der Waals surface area (Å²) in [6.07, 6.45) is 3.70. The first kappa shape index (κ1) is 22.4. The monoisotopic (exact) mass is 513 g/mol. The van der Waals surface area contributed by atoms with Crippen LogP contribution < -0.4 is 0 Å². The maximum Gasteiger partial charge on any atom is 0.145 e. The van der Waals surface area contributed by atoms with Crippen LogP contribution in [0, 0.1) is 0 Å². The van der Waals surface area contributed by atoms with Crippen LogP contribution >= 0.6 is 0 Å². The number of imidazole rings is 1. The molecule has 5 nitrogen and oxygen atoms in total. The van der Waals surface area contributed by atoms with E-state index in [2.05, 4.69) is 111 Å². The van der Waals surface area contributed by atoms with Crippen molar-refractivity contribution in [3.63, 3.8) is 0 Å². The topological polar surface area (TPSA) is 48.5 Å². The fourth-order valence-electron chi connectivity index (χ4n) is 5.66. The van der Waals surface area contributed by atoms with Crippen LogP contribution in [0.3, 0.4) is 0 Å². The number of hydrogen-bond donors (Lipinski definition) is 0. The van der Waals surface area contributed by atoms with Crippen molar-refractivity contribution in [1.29, 1.82) is 0 Å². The van der Waals surface area contributed by atoms with Gasteiger partial charge >= 0.3 is 0 Å². The third-order valence-corrected chi connectivity index (χ3v) is 7.44. The van der Waals surface area contributed by atoms with Gasteiger partial charge in [0.25, 0.3) is 0 Å². The van der Waals surface area contributed by atoms with E-state index in [1.54, 1.807) is 6.20 Å². The standard InChI is InChI=1S/C35H23N5/c1-3-11-24(12-4-1)35-38-34-31(39(35)26-13-5-2-6-14-26)20-19-30-33(34)27-15-7-8-17-29(27)40(30)32-21-18-25(23-37-32)28-16-9-10-22-36-28/h1-23H. The first-order valence-corrected chi connectivity index (χ1v) is 13.3. The Balaban J connectivity index is 1.42. The van der Waals surface area contributed by atoms with E-state index < -0.39 is 0 Å². The van der Waals surface area contributed by atoms with Gasteiger partial charge in [0.1, 0.15) is 11.6 Å². The number of hydrogen-bond acceptors (Lipinski definition) is 3. The summed E-state index contributed by atoms with van der Waals surface area (Å²) in [6.45, 7) is 0. The number of para-hydroxylation sites is 2. The summed E-state index contributed by atoms with van der Waals surface area (Å²) in [5, 5.41) is 2.27. The van der Waals surface area contributed by atoms with Crippen LogP contribution in [0.4, 0.5) is 0 Å². The van der Waals surface area contributed by atoms with Crippen LogP contribution in [0.25, 0.3) is 67.0 Å². The van der Waals surface area contributed by atoms with Crippen LogP contribution in [-0.2, 0) is 0 Å². The number of nitrogens with zero attached hydrogens (tertiary/aromatic N) is 5. The van der Waals surface area contributed by atoms with E-state index >= 15 is 0 Å². The van der Waals surface area contributed by atoms with Gasteiger partial charge in [-0.2, -0.15) is 0 Å². The average Bonchev–Trinajstić information content (AvgIpc) is 3.59. The molecule has 4 heterocycles. The minimum atomic E-state index is 0.857. The van der Waals surface area contributed by atoms with Crippen molar-refractivity contribution in [2.75, 3.05) is 0 Å². The molecule has 0 spiro atoms. The largest absolute Gasteiger partial charge is 0.294 e. The molecule has 0 aliphatic carbocycles. The molecule has 8 rings (SSSR count). The van der Waals surface area contributed by atoms with Crippen molar-refractivity contribution in [3.05, 3.63) is 140 Å². The number of aromatic nitrogens is 5. The lowest BCUT2D eigenvalue weighted by Gasteiger charge is -2.10. The van der Waals surface area contributed by atoms with E-state index in [-0.39, 0.29) is 0 Å². The second kappa shape index (κ2) is 9.03. The highest BCUT2D eigenvalue weighted by molar-refractivity contribution is 6.20. The van der Waals surface area contributed by atoms with Crippen molar-refractivity contribution in [2.45, 2.75) is 0 Å². The Bertz CT molecular complexity index is 2130. The molecule has 0 bridgehead atoms. The van der Waals surface area contributed by atoms with Gasteiger partial charge < -0.3 is 0 Å². The highest BCUT2D eigenvalue weighted by atomic mass is 15.1. The summed E-state index contributed by atoms with van der Waals surface area (Å²) in [5.41, 5.74) is 8.26. The Labute approximate surface area is 230 Å². The third-order valence-electron chi connectivity index (χ3n) is 7.44. The molecule has 8 aromatic rings. The lowest BCUT2D eigenvalue weighted by Crippen LogP contribution is -1.98. The quantitative estimate of drug-likeness (QED) is 0.238. The lowest BCUT2D eigenvalue weighted by molar-refractivity contribution is 1.08. The molecule has 0 unspecified atom stereocenters. The van der Waals surface area contributed by atoms with Crippen LogP contribution in [0.2, 0.25) is 0 Å². The Morgan fingerprint density at radius 2 is 1.25 bits per heavy atom. The molecule has 0 N–H and O–H groups in total. The normalized spacial score (nSPS) is 11.5. The zero-order chi connectivity index (χ0) is 26.5. The number of rotatable bonds is 4. The van der Waals surface area contributed by atoms with Gasteiger partial charge in [-0.1, -0.05) is 72.8 Å². The Morgan fingerprint density at radius 3 is 2.02 bits per heavy atom. The minimum absolute atomic E-state index is 0.857. The van der Waals surface area contributed by atoms with Gasteiger partial charge in [-0.15, -0.1) is 0 Å². The summed E-state index contributed by atoms with van der Waals surface area (Å²) in [4.78, 5) is 14.7. The Kier molecular flexibility index (Phi) is 5.07. The van der Waals surface area contributed by atoms with Crippen LogP contribution in [0.15, 0.2) is 140 Å². The van der Waals surface area contributed by atoms with E-state index in [1.165, 1.54) is 0 Å². The number of benzene rings is 4. The zero-order valence-corrected chi connectivity index (χ0v) is 21.5. The van der Waals surface area contributed by atoms with Crippen molar-refractivity contribution >= 4 is 32.8 Å². The maximum absolute atomic E-state index is 5.32. The van der Waals surface area contributed by atoms with Gasteiger partial charge in [0.05, 0.1) is 27.8 Å². The van der Waals surface area contributed by atoms with E-state index in [9.17, 15) is 0 Å². The molecule has 4 aromatic carbocycles. The van der Waals surface area contributed by atoms with Gasteiger partial charge in [-0.05, 0) is 54.6 Å². The van der Waals surface area contributed by atoms with Crippen molar-refractivity contribution in [3.8, 4) is 34.2 Å². The molecule has 0 saturated heterocycles. The van der Waals surface area contributed by atoms with Gasteiger partial charge in [0, 0.05) is 40.0 Å². The van der Waals surface area contributed by atoms with Crippen LogP contribution in [-0.4, -0.2) is 24.1 Å². The first-order chi connectivity index (χ1) is 19.9. The summed E-state index contributed by atoms with van der Waals surface area (Å²) < 4.78 is 4.49. The van der Waals surface area contributed by atoms with E-state index in [0.29, 0.717) is 0 Å². The summed E-state index contributed by atoms with van der Waals surface area (Å²) >= 11 is 0. The number of fused-ring (bicyclic) bond motifs is 5. The van der Waals surface area contributed by atoms with Gasteiger partial charge in [-0.25, -0.2) is 9.97 Å². The highest BCUT2D eigenvalue weighted by Gasteiger charge is 2.21. The summed E-state index contributed by atoms with van der Waals surface area (Å²) in [5.74, 6) is 1.78. The SMILES string of the molecule is c1ccc(-c2nc3c4c5ccccc5n(-c5ccc(-c6ccccn6)cn5)c4ccc3n2-c2ccccc2)cc1. The Hall–Kier alpha value is -5.55. The third kappa shape index (κ3) is 3.45. The second-order valence-electron chi connectivity index (χ2n) is 9.77. The minimum Gasteiger partial charge on any atom is -0.294 e. The van der Waals surface area contributed by atoms with Crippen LogP contribution in [0.5, 0.6) is 0 Å². The molecule has 0 fully saturated rings. The fourth-order valence-corrected chi connectivity index (χ4v) is 5.66. The highest BCUT2D eigenvalue weighted by Crippen LogP contribution is 2.39. The molecule has 0 radical (unpaired) electrons. The lowest BCUT2D eigenvalue weighted by atomic mass is 10.1. The average molecular weight is 514 g/mol. The van der Waals surface area contributed by atoms with Crippen molar-refractivity contribution in [1.82, 2.24) is 24.1 Å². The molecule has 40 heavy (non-hydrogen) atoms. The molecule has 0 aliphatic rings. The zero-order valence-electron chi connectivity index (χ0n) is 21.5. The molecular weight excluding hydrogens is 490 g/mol. The van der Waals surface area contributed by atoms with E-state index in [1.807, 2.05) is 36.5 Å².